The number of rotatable bonds is 5. The average Bonchev–Trinajstić information content (AvgIpc) is 3.26. The molecule has 2 saturated heterocycles. The molecular formula is C22H28N6O4. The van der Waals surface area contributed by atoms with Gasteiger partial charge in [0.2, 0.25) is 11.8 Å². The second kappa shape index (κ2) is 7.94. The van der Waals surface area contributed by atoms with Crippen LogP contribution in [0.15, 0.2) is 30.5 Å². The van der Waals surface area contributed by atoms with Crippen molar-refractivity contribution in [1.82, 2.24) is 25.0 Å². The van der Waals surface area contributed by atoms with Gasteiger partial charge in [-0.15, -0.1) is 0 Å². The predicted octanol–water partition coefficient (Wildman–Crippen LogP) is 0.0373. The first-order valence-electron chi connectivity index (χ1n) is 10.6. The van der Waals surface area contributed by atoms with Crippen molar-refractivity contribution in [3.05, 3.63) is 36.0 Å². The Bertz CT molecular complexity index is 1090. The number of nitrogens with zero attached hydrogens (tertiary/aromatic N) is 3. The van der Waals surface area contributed by atoms with Crippen LogP contribution in [-0.4, -0.2) is 87.7 Å². The molecule has 4 rings (SSSR count). The number of fused-ring (bicyclic) bond motifs is 2. The first-order chi connectivity index (χ1) is 15.1. The molecule has 0 unspecified atom stereocenters. The fourth-order valence-electron chi connectivity index (χ4n) is 4.22. The molecule has 0 aliphatic carbocycles. The van der Waals surface area contributed by atoms with Crippen molar-refractivity contribution >= 4 is 34.7 Å². The van der Waals surface area contributed by atoms with Crippen LogP contribution in [0.1, 0.15) is 19.4 Å². The lowest BCUT2D eigenvalue weighted by molar-refractivity contribution is -0.140. The van der Waals surface area contributed by atoms with Gasteiger partial charge in [0.25, 0.3) is 5.91 Å². The maximum absolute atomic E-state index is 13.5. The van der Waals surface area contributed by atoms with Gasteiger partial charge in [0.05, 0.1) is 12.1 Å². The van der Waals surface area contributed by atoms with E-state index in [0.29, 0.717) is 0 Å². The van der Waals surface area contributed by atoms with Gasteiger partial charge in [-0.3, -0.25) is 19.3 Å². The number of para-hydroxylation sites is 1. The normalized spacial score (nSPS) is 20.0. The van der Waals surface area contributed by atoms with Gasteiger partial charge < -0.3 is 25.8 Å². The minimum absolute atomic E-state index is 0.0972. The van der Waals surface area contributed by atoms with Crippen LogP contribution in [0.25, 0.3) is 10.9 Å². The number of aromatic amines is 1. The number of aromatic nitrogens is 1. The molecule has 170 valence electrons. The summed E-state index contributed by atoms with van der Waals surface area (Å²) in [5.41, 5.74) is 6.62. The monoisotopic (exact) mass is 440 g/mol. The molecule has 2 aliphatic rings. The van der Waals surface area contributed by atoms with Crippen LogP contribution in [-0.2, 0) is 20.8 Å². The van der Waals surface area contributed by atoms with Crippen LogP contribution < -0.4 is 11.1 Å². The smallest absolute Gasteiger partial charge is 0.327 e. The van der Waals surface area contributed by atoms with Gasteiger partial charge in [0.1, 0.15) is 12.1 Å². The number of amides is 5. The molecule has 2 aliphatic heterocycles. The van der Waals surface area contributed by atoms with Crippen molar-refractivity contribution in [2.45, 2.75) is 37.9 Å². The largest absolute Gasteiger partial charge is 0.361 e. The number of H-pyrrole nitrogens is 1. The summed E-state index contributed by atoms with van der Waals surface area (Å²) in [5, 5.41) is 3.77. The molecule has 5 amide bonds. The summed E-state index contributed by atoms with van der Waals surface area (Å²) in [6.07, 6.45) is 2.10. The second-order valence-corrected chi connectivity index (χ2v) is 8.98. The number of imide groups is 1. The Hall–Kier alpha value is -3.40. The number of piperazine rings is 1. The molecular weight excluding hydrogens is 412 g/mol. The SMILES string of the molecule is CN1C(=O)[C@H]2CN(C(=O)[C@@H](Cc3c[nH]c4ccccc34)NC(=O)C(C)(C)N)CCN2C1=O. The molecule has 0 saturated carbocycles. The second-order valence-electron chi connectivity index (χ2n) is 8.98. The standard InChI is InChI=1S/C22H28N6O4/c1-22(2,23)20(31)25-16(10-13-11-24-15-7-5-4-6-14(13)15)18(29)27-8-9-28-17(12-27)19(30)26(3)21(28)32/h4-7,11,16-17,24H,8-10,12,23H2,1-3H3,(H,25,31)/t16-,17-/m1/s1. The Morgan fingerprint density at radius 2 is 1.97 bits per heavy atom. The van der Waals surface area contributed by atoms with Crippen molar-refractivity contribution in [3.63, 3.8) is 0 Å². The number of nitrogens with one attached hydrogen (secondary N) is 2. The van der Waals surface area contributed by atoms with Crippen LogP contribution in [0.4, 0.5) is 4.79 Å². The van der Waals surface area contributed by atoms with Gasteiger partial charge in [0, 0.05) is 43.7 Å². The summed E-state index contributed by atoms with van der Waals surface area (Å²) in [6.45, 7) is 3.80. The average molecular weight is 441 g/mol. The maximum Gasteiger partial charge on any atom is 0.327 e. The zero-order chi connectivity index (χ0) is 23.2. The zero-order valence-electron chi connectivity index (χ0n) is 18.4. The van der Waals surface area contributed by atoms with Gasteiger partial charge in [-0.25, -0.2) is 4.79 Å². The minimum Gasteiger partial charge on any atom is -0.361 e. The minimum atomic E-state index is -1.16. The van der Waals surface area contributed by atoms with E-state index in [-0.39, 0.29) is 43.9 Å². The molecule has 0 radical (unpaired) electrons. The molecule has 0 spiro atoms. The fourth-order valence-corrected chi connectivity index (χ4v) is 4.22. The van der Waals surface area contributed by atoms with Crippen molar-refractivity contribution in [1.29, 1.82) is 0 Å². The highest BCUT2D eigenvalue weighted by molar-refractivity contribution is 6.04. The van der Waals surface area contributed by atoms with Gasteiger partial charge in [-0.2, -0.15) is 0 Å². The number of carbonyl (C=O) groups excluding carboxylic acids is 4. The number of benzene rings is 1. The van der Waals surface area contributed by atoms with Gasteiger partial charge in [0.15, 0.2) is 0 Å². The van der Waals surface area contributed by atoms with Crippen LogP contribution >= 0.6 is 0 Å². The predicted molar refractivity (Wildman–Crippen MR) is 117 cm³/mol. The van der Waals surface area contributed by atoms with E-state index >= 15 is 0 Å². The van der Waals surface area contributed by atoms with Crippen LogP contribution in [0, 0.1) is 0 Å². The van der Waals surface area contributed by atoms with Crippen molar-refractivity contribution in [3.8, 4) is 0 Å². The number of urea groups is 1. The van der Waals surface area contributed by atoms with Crippen LogP contribution in [0.5, 0.6) is 0 Å². The highest BCUT2D eigenvalue weighted by Gasteiger charge is 2.47. The molecule has 4 N–H and O–H groups in total. The highest BCUT2D eigenvalue weighted by Crippen LogP contribution is 2.23. The Balaban J connectivity index is 1.58. The first-order valence-corrected chi connectivity index (χ1v) is 10.6. The molecule has 2 aromatic rings. The molecule has 2 atom stereocenters. The summed E-state index contributed by atoms with van der Waals surface area (Å²) in [4.78, 5) is 58.1. The summed E-state index contributed by atoms with van der Waals surface area (Å²) in [6, 6.07) is 5.82. The van der Waals surface area contributed by atoms with Crippen molar-refractivity contribution < 1.29 is 19.2 Å². The summed E-state index contributed by atoms with van der Waals surface area (Å²) in [7, 11) is 1.44. The Morgan fingerprint density at radius 1 is 1.25 bits per heavy atom. The number of hydrogen-bond donors (Lipinski definition) is 3. The summed E-state index contributed by atoms with van der Waals surface area (Å²) in [5.74, 6) is -1.07. The lowest BCUT2D eigenvalue weighted by Crippen LogP contribution is -2.61. The molecule has 0 bridgehead atoms. The molecule has 1 aromatic heterocycles. The first kappa shape index (κ1) is 21.8. The third-order valence-electron chi connectivity index (χ3n) is 6.13. The van der Waals surface area contributed by atoms with Crippen LogP contribution in [0.3, 0.4) is 0 Å². The van der Waals surface area contributed by atoms with E-state index in [2.05, 4.69) is 10.3 Å². The quantitative estimate of drug-likeness (QED) is 0.565. The lowest BCUT2D eigenvalue weighted by Gasteiger charge is -2.37. The summed E-state index contributed by atoms with van der Waals surface area (Å²) >= 11 is 0. The number of hydrogen-bond acceptors (Lipinski definition) is 5. The number of nitrogens with two attached hydrogens (primary N) is 1. The van der Waals surface area contributed by atoms with E-state index in [9.17, 15) is 19.2 Å². The molecule has 3 heterocycles. The maximum atomic E-state index is 13.5. The lowest BCUT2D eigenvalue weighted by atomic mass is 10.0. The molecule has 10 heteroatoms. The molecule has 10 nitrogen and oxygen atoms in total. The van der Waals surface area contributed by atoms with E-state index in [1.807, 2.05) is 30.5 Å². The Kier molecular flexibility index (Phi) is 5.41. The Morgan fingerprint density at radius 3 is 2.69 bits per heavy atom. The van der Waals surface area contributed by atoms with E-state index in [1.54, 1.807) is 18.7 Å². The van der Waals surface area contributed by atoms with Crippen molar-refractivity contribution in [2.24, 2.45) is 5.73 Å². The zero-order valence-corrected chi connectivity index (χ0v) is 18.4. The third kappa shape index (κ3) is 3.81. The number of likely N-dealkylation sites (N-methyl/N-ethyl adjacent to an activating group) is 1. The van der Waals surface area contributed by atoms with Crippen LogP contribution in [0.2, 0.25) is 0 Å². The molecule has 2 fully saturated rings. The van der Waals surface area contributed by atoms with Gasteiger partial charge in [-0.05, 0) is 25.5 Å². The molecule has 32 heavy (non-hydrogen) atoms. The highest BCUT2D eigenvalue weighted by atomic mass is 16.2. The fraction of sp³-hybridized carbons (Fsp3) is 0.455. The van der Waals surface area contributed by atoms with E-state index < -0.39 is 23.5 Å². The van der Waals surface area contributed by atoms with E-state index in [1.165, 1.54) is 11.9 Å². The Labute approximate surface area is 185 Å². The van der Waals surface area contributed by atoms with Gasteiger partial charge in [-0.1, -0.05) is 18.2 Å². The van der Waals surface area contributed by atoms with E-state index in [0.717, 1.165) is 21.4 Å². The summed E-state index contributed by atoms with van der Waals surface area (Å²) < 4.78 is 0. The number of carbonyl (C=O) groups is 4. The van der Waals surface area contributed by atoms with Gasteiger partial charge >= 0.3 is 6.03 Å². The van der Waals surface area contributed by atoms with E-state index in [4.69, 9.17) is 5.73 Å². The third-order valence-corrected chi connectivity index (χ3v) is 6.13. The van der Waals surface area contributed by atoms with Crippen molar-refractivity contribution in [2.75, 3.05) is 26.7 Å². The molecule has 1 aromatic carbocycles. The topological polar surface area (TPSA) is 132 Å².